The molecule has 0 saturated carbocycles. The van der Waals surface area contributed by atoms with Gasteiger partial charge in [0.15, 0.2) is 0 Å². The number of nitrogens with zero attached hydrogens (tertiary/aromatic N) is 10. The van der Waals surface area contributed by atoms with Gasteiger partial charge in [-0.05, 0) is 33.7 Å². The summed E-state index contributed by atoms with van der Waals surface area (Å²) < 4.78 is 3.30. The molecular formula is C8H18N12. The van der Waals surface area contributed by atoms with Gasteiger partial charge >= 0.3 is 0 Å². The second kappa shape index (κ2) is 6.21. The van der Waals surface area contributed by atoms with Crippen molar-refractivity contribution in [2.75, 3.05) is 24.1 Å². The molecule has 0 aliphatic heterocycles. The van der Waals surface area contributed by atoms with E-state index in [9.17, 15) is 0 Å². The van der Waals surface area contributed by atoms with E-state index < -0.39 is 0 Å². The first-order chi connectivity index (χ1) is 9.59. The van der Waals surface area contributed by atoms with Crippen LogP contribution in [0.5, 0.6) is 0 Å². The third kappa shape index (κ3) is 3.16. The molecule has 2 aromatic rings. The summed E-state index contributed by atoms with van der Waals surface area (Å²) in [6.07, 6.45) is 1.72. The number of tetrazole rings is 2. The molecule has 0 aliphatic carbocycles. The van der Waals surface area contributed by atoms with Crippen LogP contribution >= 0.6 is 0 Å². The minimum Gasteiger partial charge on any atom is -0.281 e. The highest BCUT2D eigenvalue weighted by Crippen LogP contribution is 2.07. The maximum Gasteiger partial charge on any atom is 0.259 e. The number of hydrogen-bond donors (Lipinski definition) is 2. The molecule has 110 valence electrons. The average molecular weight is 282 g/mol. The van der Waals surface area contributed by atoms with E-state index in [1.807, 2.05) is 0 Å². The van der Waals surface area contributed by atoms with Crippen LogP contribution in [0.15, 0.2) is 0 Å². The largest absolute Gasteiger partial charge is 0.281 e. The quantitative estimate of drug-likeness (QED) is 0.324. The molecule has 12 nitrogen and oxygen atoms in total. The Labute approximate surface area is 115 Å². The van der Waals surface area contributed by atoms with Gasteiger partial charge in [-0.1, -0.05) is 10.2 Å². The highest BCUT2D eigenvalue weighted by Gasteiger charge is 2.09. The monoisotopic (exact) mass is 282 g/mol. The molecular weight excluding hydrogens is 264 g/mol. The normalized spacial score (nSPS) is 10.8. The fourth-order valence-corrected chi connectivity index (χ4v) is 1.72. The smallest absolute Gasteiger partial charge is 0.259 e. The minimum atomic E-state index is 0.523. The zero-order chi connectivity index (χ0) is 14.5. The first-order valence-corrected chi connectivity index (χ1v) is 6.08. The number of hydrazine groups is 2. The van der Waals surface area contributed by atoms with Gasteiger partial charge in [0.2, 0.25) is 0 Å². The van der Waals surface area contributed by atoms with Crippen molar-refractivity contribution < 1.29 is 0 Å². The summed E-state index contributed by atoms with van der Waals surface area (Å²) in [4.78, 5) is 0. The highest BCUT2D eigenvalue weighted by molar-refractivity contribution is 5.22. The molecule has 0 aromatic carbocycles. The van der Waals surface area contributed by atoms with Crippen LogP contribution < -0.4 is 21.7 Å². The van der Waals surface area contributed by atoms with Gasteiger partial charge in [0.1, 0.15) is 0 Å². The number of anilines is 2. The van der Waals surface area contributed by atoms with Crippen molar-refractivity contribution in [2.45, 2.75) is 25.9 Å². The van der Waals surface area contributed by atoms with Crippen molar-refractivity contribution in [1.29, 1.82) is 0 Å². The second-order valence-electron chi connectivity index (χ2n) is 4.33. The van der Waals surface area contributed by atoms with E-state index in [-0.39, 0.29) is 0 Å². The Kier molecular flexibility index (Phi) is 4.37. The fraction of sp³-hybridized carbons (Fsp3) is 0.750. The molecule has 2 heterocycles. The third-order valence-corrected chi connectivity index (χ3v) is 2.65. The van der Waals surface area contributed by atoms with Crippen molar-refractivity contribution in [2.24, 2.45) is 11.7 Å². The van der Waals surface area contributed by atoms with Gasteiger partial charge in [-0.2, -0.15) is 0 Å². The molecule has 0 fully saturated rings. The van der Waals surface area contributed by atoms with Crippen molar-refractivity contribution in [3.8, 4) is 0 Å². The van der Waals surface area contributed by atoms with Crippen LogP contribution in [0.25, 0.3) is 0 Å². The first-order valence-electron chi connectivity index (χ1n) is 6.08. The first kappa shape index (κ1) is 14.1. The van der Waals surface area contributed by atoms with Crippen LogP contribution in [0.1, 0.15) is 12.8 Å². The van der Waals surface area contributed by atoms with E-state index in [1.165, 1.54) is 10.0 Å². The Balaban J connectivity index is 1.82. The minimum absolute atomic E-state index is 0.523. The van der Waals surface area contributed by atoms with E-state index in [0.29, 0.717) is 25.0 Å². The Hall–Kier alpha value is -2.34. The molecule has 0 spiro atoms. The predicted octanol–water partition coefficient (Wildman–Crippen LogP) is -2.24. The number of aryl methyl sites for hydroxylation is 2. The van der Waals surface area contributed by atoms with E-state index in [2.05, 4.69) is 31.1 Å². The van der Waals surface area contributed by atoms with Gasteiger partial charge in [0.05, 0.1) is 0 Å². The zero-order valence-corrected chi connectivity index (χ0v) is 11.5. The molecule has 2 aromatic heterocycles. The van der Waals surface area contributed by atoms with Crippen molar-refractivity contribution in [1.82, 2.24) is 40.4 Å². The lowest BCUT2D eigenvalue weighted by Crippen LogP contribution is -2.29. The van der Waals surface area contributed by atoms with Crippen LogP contribution in [-0.2, 0) is 13.1 Å². The molecule has 4 N–H and O–H groups in total. The van der Waals surface area contributed by atoms with Crippen molar-refractivity contribution in [3.63, 3.8) is 0 Å². The second-order valence-corrected chi connectivity index (χ2v) is 4.33. The predicted molar refractivity (Wildman–Crippen MR) is 70.0 cm³/mol. The Bertz CT molecular complexity index is 479. The molecule has 2 rings (SSSR count). The standard InChI is InChI=1S/C8H18N12/c1-17(9)7-11-13-15-19(7)5-3-4-6-20-8(18(2)10)12-14-16-20/h3-6,9-10H2,1-2H3. The number of nitrogens with two attached hydrogens (primary N) is 2. The summed E-state index contributed by atoms with van der Waals surface area (Å²) in [7, 11) is 3.37. The van der Waals surface area contributed by atoms with E-state index in [1.54, 1.807) is 23.5 Å². The summed E-state index contributed by atoms with van der Waals surface area (Å²) in [5, 5.41) is 25.3. The van der Waals surface area contributed by atoms with Crippen LogP contribution in [0.3, 0.4) is 0 Å². The highest BCUT2D eigenvalue weighted by atomic mass is 15.6. The zero-order valence-electron chi connectivity index (χ0n) is 11.5. The van der Waals surface area contributed by atoms with Gasteiger partial charge in [-0.3, -0.25) is 10.0 Å². The van der Waals surface area contributed by atoms with Crippen molar-refractivity contribution >= 4 is 11.9 Å². The van der Waals surface area contributed by atoms with E-state index >= 15 is 0 Å². The number of unbranched alkanes of at least 4 members (excludes halogenated alkanes) is 1. The lowest BCUT2D eigenvalue weighted by atomic mass is 10.3. The molecule has 0 bridgehead atoms. The van der Waals surface area contributed by atoms with Gasteiger partial charge in [-0.15, -0.1) is 0 Å². The number of rotatable bonds is 7. The summed E-state index contributed by atoms with van der Waals surface area (Å²) in [5.41, 5.74) is 0. The Morgan fingerprint density at radius 3 is 1.60 bits per heavy atom. The van der Waals surface area contributed by atoms with Crippen LogP contribution in [0.2, 0.25) is 0 Å². The molecule has 0 amide bonds. The van der Waals surface area contributed by atoms with E-state index in [0.717, 1.165) is 12.8 Å². The average Bonchev–Trinajstić information content (AvgIpc) is 3.03. The van der Waals surface area contributed by atoms with Gasteiger partial charge < -0.3 is 0 Å². The maximum atomic E-state index is 5.61. The van der Waals surface area contributed by atoms with Gasteiger partial charge in [-0.25, -0.2) is 21.0 Å². The fourth-order valence-electron chi connectivity index (χ4n) is 1.72. The topological polar surface area (TPSA) is 146 Å². The molecule has 20 heavy (non-hydrogen) atoms. The molecule has 0 unspecified atom stereocenters. The summed E-state index contributed by atoms with van der Waals surface area (Å²) in [6.45, 7) is 1.33. The molecule has 0 saturated heterocycles. The number of aromatic nitrogens is 8. The van der Waals surface area contributed by atoms with Crippen LogP contribution in [0.4, 0.5) is 11.9 Å². The molecule has 0 aliphatic rings. The van der Waals surface area contributed by atoms with Gasteiger partial charge in [0.25, 0.3) is 11.9 Å². The molecule has 0 atom stereocenters. The molecule has 12 heteroatoms. The van der Waals surface area contributed by atoms with Gasteiger partial charge in [0, 0.05) is 27.2 Å². The summed E-state index contributed by atoms with van der Waals surface area (Å²) in [6, 6.07) is 0. The van der Waals surface area contributed by atoms with Crippen LogP contribution in [0, 0.1) is 0 Å². The lowest BCUT2D eigenvalue weighted by molar-refractivity contribution is 0.486. The third-order valence-electron chi connectivity index (χ3n) is 2.65. The summed E-state index contributed by atoms with van der Waals surface area (Å²) in [5.74, 6) is 12.3. The lowest BCUT2D eigenvalue weighted by Gasteiger charge is -2.12. The van der Waals surface area contributed by atoms with Crippen molar-refractivity contribution in [3.05, 3.63) is 0 Å². The molecule has 0 radical (unpaired) electrons. The van der Waals surface area contributed by atoms with Crippen LogP contribution in [-0.4, -0.2) is 54.5 Å². The Morgan fingerprint density at radius 2 is 1.25 bits per heavy atom. The van der Waals surface area contributed by atoms with E-state index in [4.69, 9.17) is 11.7 Å². The maximum absolute atomic E-state index is 5.61. The SMILES string of the molecule is CN(N)c1nnnn1CCCCn1nnnc1N(C)N. The summed E-state index contributed by atoms with van der Waals surface area (Å²) >= 11 is 0. The Morgan fingerprint density at radius 1 is 0.850 bits per heavy atom. The number of hydrogen-bond acceptors (Lipinski definition) is 10.